The molecule has 2 aromatic rings. The SMILES string of the molecule is O=C(NCCc1ccco1)N1CCCN(c2nccs2)CC1. The van der Waals surface area contributed by atoms with E-state index in [9.17, 15) is 4.79 Å². The van der Waals surface area contributed by atoms with Crippen LogP contribution < -0.4 is 10.2 Å². The van der Waals surface area contributed by atoms with Crippen LogP contribution in [0, 0.1) is 0 Å². The van der Waals surface area contributed by atoms with Gasteiger partial charge in [-0.3, -0.25) is 0 Å². The number of nitrogens with one attached hydrogen (secondary N) is 1. The molecule has 7 heteroatoms. The maximum Gasteiger partial charge on any atom is 0.317 e. The van der Waals surface area contributed by atoms with E-state index in [0.717, 1.165) is 49.9 Å². The van der Waals surface area contributed by atoms with Gasteiger partial charge in [-0.2, -0.15) is 0 Å². The van der Waals surface area contributed by atoms with E-state index in [0.29, 0.717) is 6.54 Å². The molecule has 0 aliphatic carbocycles. The number of carbonyl (C=O) groups excluding carboxylic acids is 1. The molecule has 3 heterocycles. The summed E-state index contributed by atoms with van der Waals surface area (Å²) in [5.74, 6) is 0.895. The number of hydrogen-bond donors (Lipinski definition) is 1. The van der Waals surface area contributed by atoms with E-state index < -0.39 is 0 Å². The number of hydrogen-bond acceptors (Lipinski definition) is 5. The fourth-order valence-electron chi connectivity index (χ4n) is 2.54. The van der Waals surface area contributed by atoms with E-state index in [2.05, 4.69) is 15.2 Å². The molecule has 0 bridgehead atoms. The highest BCUT2D eigenvalue weighted by atomic mass is 32.1. The fraction of sp³-hybridized carbons (Fsp3) is 0.467. The lowest BCUT2D eigenvalue weighted by molar-refractivity contribution is 0.201. The van der Waals surface area contributed by atoms with E-state index >= 15 is 0 Å². The molecule has 0 spiro atoms. The number of urea groups is 1. The van der Waals surface area contributed by atoms with Gasteiger partial charge in [-0.1, -0.05) is 0 Å². The van der Waals surface area contributed by atoms with Gasteiger partial charge >= 0.3 is 6.03 Å². The van der Waals surface area contributed by atoms with Crippen molar-refractivity contribution in [2.75, 3.05) is 37.6 Å². The molecule has 2 aromatic heterocycles. The molecule has 0 aromatic carbocycles. The van der Waals surface area contributed by atoms with Gasteiger partial charge in [0.05, 0.1) is 6.26 Å². The average molecular weight is 320 g/mol. The molecule has 1 N–H and O–H groups in total. The Morgan fingerprint density at radius 3 is 3.09 bits per heavy atom. The van der Waals surface area contributed by atoms with Crippen LogP contribution in [0.5, 0.6) is 0 Å². The average Bonchev–Trinajstić information content (AvgIpc) is 3.18. The van der Waals surface area contributed by atoms with Crippen LogP contribution in [-0.4, -0.2) is 48.6 Å². The molecule has 1 aliphatic rings. The van der Waals surface area contributed by atoms with Crippen molar-refractivity contribution < 1.29 is 9.21 Å². The first-order valence-electron chi connectivity index (χ1n) is 7.52. The highest BCUT2D eigenvalue weighted by molar-refractivity contribution is 7.13. The van der Waals surface area contributed by atoms with E-state index in [1.54, 1.807) is 17.6 Å². The summed E-state index contributed by atoms with van der Waals surface area (Å²) in [4.78, 5) is 20.7. The Hall–Kier alpha value is -2.02. The van der Waals surface area contributed by atoms with E-state index in [4.69, 9.17) is 4.42 Å². The minimum absolute atomic E-state index is 0.00699. The Balaban J connectivity index is 1.45. The summed E-state index contributed by atoms with van der Waals surface area (Å²) in [6.07, 6.45) is 5.16. The summed E-state index contributed by atoms with van der Waals surface area (Å²) in [6.45, 7) is 3.89. The maximum absolute atomic E-state index is 12.2. The van der Waals surface area contributed by atoms with Gasteiger partial charge in [-0.15, -0.1) is 11.3 Å². The lowest BCUT2D eigenvalue weighted by Crippen LogP contribution is -2.42. The first-order valence-corrected chi connectivity index (χ1v) is 8.40. The van der Waals surface area contributed by atoms with E-state index in [1.807, 2.05) is 28.6 Å². The van der Waals surface area contributed by atoms with Gasteiger partial charge < -0.3 is 19.5 Å². The monoisotopic (exact) mass is 320 g/mol. The molecule has 0 radical (unpaired) electrons. The molecule has 22 heavy (non-hydrogen) atoms. The number of rotatable bonds is 4. The largest absolute Gasteiger partial charge is 0.469 e. The quantitative estimate of drug-likeness (QED) is 0.938. The highest BCUT2D eigenvalue weighted by Gasteiger charge is 2.19. The van der Waals surface area contributed by atoms with Crippen molar-refractivity contribution in [3.05, 3.63) is 35.7 Å². The topological polar surface area (TPSA) is 61.6 Å². The van der Waals surface area contributed by atoms with Crippen LogP contribution in [0.15, 0.2) is 34.4 Å². The number of nitrogens with zero attached hydrogens (tertiary/aromatic N) is 3. The summed E-state index contributed by atoms with van der Waals surface area (Å²) in [5, 5.41) is 5.99. The summed E-state index contributed by atoms with van der Waals surface area (Å²) in [6, 6.07) is 3.79. The molecular weight excluding hydrogens is 300 g/mol. The van der Waals surface area contributed by atoms with E-state index in [1.165, 1.54) is 0 Å². The van der Waals surface area contributed by atoms with Gasteiger partial charge in [-0.05, 0) is 18.6 Å². The third-order valence-corrected chi connectivity index (χ3v) is 4.53. The first-order chi connectivity index (χ1) is 10.8. The molecular formula is C15H20N4O2S. The molecule has 0 unspecified atom stereocenters. The van der Waals surface area contributed by atoms with Crippen molar-refractivity contribution in [3.63, 3.8) is 0 Å². The van der Waals surface area contributed by atoms with Gasteiger partial charge in [0.1, 0.15) is 5.76 Å². The Labute approximate surface area is 133 Å². The van der Waals surface area contributed by atoms with Crippen molar-refractivity contribution in [2.45, 2.75) is 12.8 Å². The third-order valence-electron chi connectivity index (χ3n) is 3.70. The zero-order chi connectivity index (χ0) is 15.2. The second kappa shape index (κ2) is 7.31. The number of anilines is 1. The van der Waals surface area contributed by atoms with E-state index in [-0.39, 0.29) is 6.03 Å². The van der Waals surface area contributed by atoms with Crippen LogP contribution in [0.2, 0.25) is 0 Å². The third kappa shape index (κ3) is 3.79. The Bertz CT molecular complexity index is 570. The van der Waals surface area contributed by atoms with Gasteiger partial charge in [0.2, 0.25) is 0 Å². The van der Waals surface area contributed by atoms with Crippen LogP contribution >= 0.6 is 11.3 Å². The van der Waals surface area contributed by atoms with Crippen molar-refractivity contribution in [2.24, 2.45) is 0 Å². The Kier molecular flexibility index (Phi) is 4.95. The lowest BCUT2D eigenvalue weighted by atomic mass is 10.3. The number of thiazole rings is 1. The van der Waals surface area contributed by atoms with Gasteiger partial charge in [0, 0.05) is 50.7 Å². The van der Waals surface area contributed by atoms with Gasteiger partial charge in [0.25, 0.3) is 0 Å². The predicted molar refractivity (Wildman–Crippen MR) is 86.3 cm³/mol. The Morgan fingerprint density at radius 1 is 1.36 bits per heavy atom. The molecule has 0 saturated carbocycles. The Morgan fingerprint density at radius 2 is 2.32 bits per heavy atom. The molecule has 6 nitrogen and oxygen atoms in total. The number of amides is 2. The normalized spacial score (nSPS) is 15.6. The fourth-order valence-corrected chi connectivity index (χ4v) is 3.24. The molecule has 1 fully saturated rings. The van der Waals surface area contributed by atoms with Crippen LogP contribution in [0.25, 0.3) is 0 Å². The minimum atomic E-state index is 0.00699. The molecule has 2 amide bonds. The van der Waals surface area contributed by atoms with Gasteiger partial charge in [-0.25, -0.2) is 9.78 Å². The van der Waals surface area contributed by atoms with Crippen LogP contribution in [0.1, 0.15) is 12.2 Å². The van der Waals surface area contributed by atoms with Crippen LogP contribution in [-0.2, 0) is 6.42 Å². The smallest absolute Gasteiger partial charge is 0.317 e. The molecule has 0 atom stereocenters. The lowest BCUT2D eigenvalue weighted by Gasteiger charge is -2.22. The molecule has 1 aliphatic heterocycles. The van der Waals surface area contributed by atoms with Crippen LogP contribution in [0.4, 0.5) is 9.93 Å². The highest BCUT2D eigenvalue weighted by Crippen LogP contribution is 2.18. The molecule has 3 rings (SSSR count). The minimum Gasteiger partial charge on any atom is -0.469 e. The first kappa shape index (κ1) is 14.9. The second-order valence-electron chi connectivity index (χ2n) is 5.20. The zero-order valence-corrected chi connectivity index (χ0v) is 13.2. The predicted octanol–water partition coefficient (Wildman–Crippen LogP) is 2.20. The van der Waals surface area contributed by atoms with Crippen molar-refractivity contribution in [1.29, 1.82) is 0 Å². The summed E-state index contributed by atoms with van der Waals surface area (Å²) in [7, 11) is 0. The number of aromatic nitrogens is 1. The standard InChI is InChI=1S/C15H20N4O2S/c20-14(16-5-4-13-3-1-11-21-13)18-7-2-8-19(10-9-18)15-17-6-12-22-15/h1,3,6,11-12H,2,4-5,7-10H2,(H,16,20). The van der Waals surface area contributed by atoms with Crippen molar-refractivity contribution >= 4 is 22.5 Å². The van der Waals surface area contributed by atoms with Crippen molar-refractivity contribution in [1.82, 2.24) is 15.2 Å². The summed E-state index contributed by atoms with van der Waals surface area (Å²) < 4.78 is 5.26. The summed E-state index contributed by atoms with van der Waals surface area (Å²) >= 11 is 1.65. The van der Waals surface area contributed by atoms with Crippen molar-refractivity contribution in [3.8, 4) is 0 Å². The maximum atomic E-state index is 12.2. The number of carbonyl (C=O) groups is 1. The molecule has 118 valence electrons. The van der Waals surface area contributed by atoms with Crippen LogP contribution in [0.3, 0.4) is 0 Å². The van der Waals surface area contributed by atoms with Gasteiger partial charge in [0.15, 0.2) is 5.13 Å². The molecule has 1 saturated heterocycles. The second-order valence-corrected chi connectivity index (χ2v) is 6.08. The number of furan rings is 1. The zero-order valence-electron chi connectivity index (χ0n) is 12.4. The summed E-state index contributed by atoms with van der Waals surface area (Å²) in [5.41, 5.74) is 0.